The van der Waals surface area contributed by atoms with Crippen LogP contribution in [-0.4, -0.2) is 71.8 Å². The van der Waals surface area contributed by atoms with Crippen molar-refractivity contribution < 1.29 is 4.79 Å². The molecule has 0 unspecified atom stereocenters. The zero-order valence-corrected chi connectivity index (χ0v) is 13.4. The third-order valence-corrected chi connectivity index (χ3v) is 4.24. The molecule has 0 radical (unpaired) electrons. The molecule has 3 rings (SSSR count). The summed E-state index contributed by atoms with van der Waals surface area (Å²) in [5.74, 6) is -0.0921. The molecule has 1 aromatic carbocycles. The lowest BCUT2D eigenvalue weighted by Gasteiger charge is -2.21. The van der Waals surface area contributed by atoms with E-state index in [2.05, 4.69) is 34.3 Å². The van der Waals surface area contributed by atoms with Gasteiger partial charge in [-0.2, -0.15) is 5.10 Å². The van der Waals surface area contributed by atoms with Crippen LogP contribution in [0.15, 0.2) is 24.3 Å². The number of rotatable bonds is 2. The van der Waals surface area contributed by atoms with Gasteiger partial charge in [0.2, 0.25) is 0 Å². The Bertz CT molecular complexity index is 668. The molecule has 1 saturated heterocycles. The summed E-state index contributed by atoms with van der Waals surface area (Å²) in [5, 5.41) is 8.44. The average Bonchev–Trinajstić information content (AvgIpc) is 2.73. The summed E-state index contributed by atoms with van der Waals surface area (Å²) in [5.41, 5.74) is 1.48. The van der Waals surface area contributed by atoms with E-state index in [-0.39, 0.29) is 11.9 Å². The van der Waals surface area contributed by atoms with Gasteiger partial charge < -0.3 is 15.1 Å². The summed E-state index contributed by atoms with van der Waals surface area (Å²) in [4.78, 5) is 17.2. The summed E-state index contributed by atoms with van der Waals surface area (Å²) in [6.45, 7) is 3.77. The second kappa shape index (κ2) is 6.06. The van der Waals surface area contributed by atoms with Gasteiger partial charge in [0.15, 0.2) is 5.69 Å². The van der Waals surface area contributed by atoms with E-state index in [1.807, 2.05) is 31.3 Å². The van der Waals surface area contributed by atoms with Crippen molar-refractivity contribution in [2.45, 2.75) is 6.04 Å². The second-order valence-corrected chi connectivity index (χ2v) is 6.18. The van der Waals surface area contributed by atoms with Crippen molar-refractivity contribution in [1.29, 1.82) is 0 Å². The fraction of sp³-hybridized carbons (Fsp3) is 0.500. The molecule has 1 aliphatic heterocycles. The molecule has 0 atom stereocenters. The molecule has 6 nitrogen and oxygen atoms in total. The van der Waals surface area contributed by atoms with Crippen LogP contribution in [0.25, 0.3) is 10.9 Å². The lowest BCUT2D eigenvalue weighted by atomic mass is 10.2. The molecule has 0 spiro atoms. The largest absolute Gasteiger partial charge is 0.345 e. The number of carbonyl (C=O) groups excluding carboxylic acids is 1. The number of para-hydroxylation sites is 1. The number of nitrogens with zero attached hydrogens (tertiary/aromatic N) is 4. The Morgan fingerprint density at radius 3 is 2.45 bits per heavy atom. The molecule has 118 valence electrons. The molecule has 22 heavy (non-hydrogen) atoms. The van der Waals surface area contributed by atoms with Crippen LogP contribution in [0, 0.1) is 0 Å². The summed E-state index contributed by atoms with van der Waals surface area (Å²) in [6, 6.07) is 7.94. The molecule has 1 N–H and O–H groups in total. The Labute approximate surface area is 130 Å². The first-order valence-electron chi connectivity index (χ1n) is 7.64. The monoisotopic (exact) mass is 301 g/mol. The molecule has 2 aromatic rings. The molecule has 1 aliphatic rings. The lowest BCUT2D eigenvalue weighted by molar-refractivity contribution is 0.0922. The van der Waals surface area contributed by atoms with Crippen LogP contribution >= 0.6 is 0 Å². The van der Waals surface area contributed by atoms with Crippen LogP contribution in [0.5, 0.6) is 0 Å². The fourth-order valence-corrected chi connectivity index (χ4v) is 3.06. The minimum Gasteiger partial charge on any atom is -0.345 e. The Hall–Kier alpha value is -1.92. The third-order valence-electron chi connectivity index (χ3n) is 4.24. The first kappa shape index (κ1) is 15.0. The Kier molecular flexibility index (Phi) is 4.13. The van der Waals surface area contributed by atoms with Gasteiger partial charge in [0.25, 0.3) is 5.91 Å². The highest BCUT2D eigenvalue weighted by Crippen LogP contribution is 2.17. The molecule has 0 saturated carbocycles. The maximum Gasteiger partial charge on any atom is 0.272 e. The molecule has 0 bridgehead atoms. The van der Waals surface area contributed by atoms with E-state index in [1.54, 1.807) is 4.68 Å². The van der Waals surface area contributed by atoms with E-state index in [4.69, 9.17) is 0 Å². The van der Waals surface area contributed by atoms with E-state index in [1.165, 1.54) is 0 Å². The highest BCUT2D eigenvalue weighted by molar-refractivity contribution is 6.04. The first-order chi connectivity index (χ1) is 10.5. The van der Waals surface area contributed by atoms with E-state index in [9.17, 15) is 4.79 Å². The molecule has 1 amide bonds. The van der Waals surface area contributed by atoms with Gasteiger partial charge in [0, 0.05) is 38.6 Å². The first-order valence-corrected chi connectivity index (χ1v) is 7.64. The predicted molar refractivity (Wildman–Crippen MR) is 87.0 cm³/mol. The molecule has 1 aromatic heterocycles. The Morgan fingerprint density at radius 2 is 1.77 bits per heavy atom. The van der Waals surface area contributed by atoms with Gasteiger partial charge >= 0.3 is 0 Å². The topological polar surface area (TPSA) is 53.4 Å². The predicted octanol–water partition coefficient (Wildman–Crippen LogP) is 0.549. The Balaban J connectivity index is 1.81. The van der Waals surface area contributed by atoms with Crippen LogP contribution in [-0.2, 0) is 7.05 Å². The van der Waals surface area contributed by atoms with Gasteiger partial charge in [-0.1, -0.05) is 18.2 Å². The SMILES string of the molecule is CN1CCN(C)CC(NC(=O)c2nn(C)c3ccccc23)C1. The zero-order valence-electron chi connectivity index (χ0n) is 13.4. The highest BCUT2D eigenvalue weighted by Gasteiger charge is 2.23. The fourth-order valence-electron chi connectivity index (χ4n) is 3.06. The van der Waals surface area contributed by atoms with Crippen LogP contribution in [0.3, 0.4) is 0 Å². The number of amides is 1. The molecule has 1 fully saturated rings. The number of carbonyl (C=O) groups is 1. The number of nitrogens with one attached hydrogen (secondary N) is 1. The number of fused-ring (bicyclic) bond motifs is 1. The van der Waals surface area contributed by atoms with Crippen LogP contribution in [0.2, 0.25) is 0 Å². The van der Waals surface area contributed by atoms with Gasteiger partial charge in [0.1, 0.15) is 0 Å². The van der Waals surface area contributed by atoms with E-state index in [0.29, 0.717) is 5.69 Å². The summed E-state index contributed by atoms with van der Waals surface area (Å²) >= 11 is 0. The van der Waals surface area contributed by atoms with Crippen molar-refractivity contribution in [2.75, 3.05) is 40.3 Å². The molecule has 6 heteroatoms. The zero-order chi connectivity index (χ0) is 15.7. The average molecular weight is 301 g/mol. The van der Waals surface area contributed by atoms with Crippen molar-refractivity contribution in [2.24, 2.45) is 7.05 Å². The smallest absolute Gasteiger partial charge is 0.272 e. The van der Waals surface area contributed by atoms with Crippen LogP contribution < -0.4 is 5.32 Å². The number of hydrogen-bond acceptors (Lipinski definition) is 4. The van der Waals surface area contributed by atoms with Crippen LogP contribution in [0.4, 0.5) is 0 Å². The van der Waals surface area contributed by atoms with Gasteiger partial charge in [-0.25, -0.2) is 0 Å². The maximum atomic E-state index is 12.6. The molecular weight excluding hydrogens is 278 g/mol. The van der Waals surface area contributed by atoms with Crippen molar-refractivity contribution in [3.05, 3.63) is 30.0 Å². The van der Waals surface area contributed by atoms with E-state index in [0.717, 1.165) is 37.1 Å². The van der Waals surface area contributed by atoms with Crippen molar-refractivity contribution >= 4 is 16.8 Å². The molecular formula is C16H23N5O. The Morgan fingerprint density at radius 1 is 1.14 bits per heavy atom. The summed E-state index contributed by atoms with van der Waals surface area (Å²) < 4.78 is 1.76. The standard InChI is InChI=1S/C16H23N5O/c1-19-8-9-20(2)11-12(10-19)17-16(22)15-13-6-4-5-7-14(13)21(3)18-15/h4-7,12H,8-11H2,1-3H3,(H,17,22). The summed E-state index contributed by atoms with van der Waals surface area (Å²) in [7, 11) is 6.05. The van der Waals surface area contributed by atoms with Crippen molar-refractivity contribution in [1.82, 2.24) is 24.9 Å². The molecule has 0 aliphatic carbocycles. The van der Waals surface area contributed by atoms with E-state index < -0.39 is 0 Å². The number of likely N-dealkylation sites (N-methyl/N-ethyl adjacent to an activating group) is 2. The summed E-state index contributed by atoms with van der Waals surface area (Å²) in [6.07, 6.45) is 0. The minimum absolute atomic E-state index is 0.0921. The maximum absolute atomic E-state index is 12.6. The number of aromatic nitrogens is 2. The number of hydrogen-bond donors (Lipinski definition) is 1. The van der Waals surface area contributed by atoms with Gasteiger partial charge in [-0.05, 0) is 20.2 Å². The van der Waals surface area contributed by atoms with Crippen molar-refractivity contribution in [3.8, 4) is 0 Å². The number of benzene rings is 1. The van der Waals surface area contributed by atoms with Crippen LogP contribution in [0.1, 0.15) is 10.5 Å². The quantitative estimate of drug-likeness (QED) is 0.880. The lowest BCUT2D eigenvalue weighted by Crippen LogP contribution is -2.45. The van der Waals surface area contributed by atoms with E-state index >= 15 is 0 Å². The van der Waals surface area contributed by atoms with Gasteiger partial charge in [0.05, 0.1) is 11.6 Å². The number of aryl methyl sites for hydroxylation is 1. The normalized spacial score (nSPS) is 18.5. The minimum atomic E-state index is -0.0921. The highest BCUT2D eigenvalue weighted by atomic mass is 16.2. The second-order valence-electron chi connectivity index (χ2n) is 6.18. The van der Waals surface area contributed by atoms with Gasteiger partial charge in [-0.15, -0.1) is 0 Å². The van der Waals surface area contributed by atoms with Gasteiger partial charge in [-0.3, -0.25) is 9.48 Å². The van der Waals surface area contributed by atoms with Crippen molar-refractivity contribution in [3.63, 3.8) is 0 Å². The third kappa shape index (κ3) is 2.98. The molecule has 2 heterocycles.